The zero-order chi connectivity index (χ0) is 21.1. The summed E-state index contributed by atoms with van der Waals surface area (Å²) in [5, 5.41) is 23.1. The number of aromatic nitrogens is 1. The van der Waals surface area contributed by atoms with Crippen LogP contribution in [0.1, 0.15) is 42.5 Å². The number of nitrogens with zero attached hydrogens (tertiary/aromatic N) is 2. The van der Waals surface area contributed by atoms with Crippen molar-refractivity contribution in [1.29, 1.82) is 0 Å². The first-order valence-corrected chi connectivity index (χ1v) is 11.2. The lowest BCUT2D eigenvalue weighted by molar-refractivity contribution is -0.00883. The first kappa shape index (κ1) is 21.1. The summed E-state index contributed by atoms with van der Waals surface area (Å²) in [6, 6.07) is 18.9. The van der Waals surface area contributed by atoms with Crippen molar-refractivity contribution in [3.8, 4) is 0 Å². The van der Waals surface area contributed by atoms with Crippen molar-refractivity contribution in [2.45, 2.75) is 70.9 Å². The topological polar surface area (TPSA) is 48.6 Å². The maximum Gasteiger partial charge on any atom is 0.0846 e. The lowest BCUT2D eigenvalue weighted by atomic mass is 9.90. The van der Waals surface area contributed by atoms with Gasteiger partial charge in [-0.05, 0) is 43.9 Å². The van der Waals surface area contributed by atoms with E-state index in [-0.39, 0.29) is 12.1 Å². The molecule has 0 amide bonds. The van der Waals surface area contributed by atoms with Gasteiger partial charge in [0.25, 0.3) is 0 Å². The van der Waals surface area contributed by atoms with Gasteiger partial charge < -0.3 is 14.8 Å². The third kappa shape index (κ3) is 4.46. The van der Waals surface area contributed by atoms with E-state index in [2.05, 4.69) is 71.8 Å². The third-order valence-corrected chi connectivity index (χ3v) is 6.78. The van der Waals surface area contributed by atoms with Crippen LogP contribution in [-0.2, 0) is 13.1 Å². The summed E-state index contributed by atoms with van der Waals surface area (Å²) in [5.74, 6) is 0. The Morgan fingerprint density at radius 3 is 2.47 bits per heavy atom. The minimum atomic E-state index is -0.503. The van der Waals surface area contributed by atoms with Crippen LogP contribution in [0.15, 0.2) is 54.6 Å². The van der Waals surface area contributed by atoms with Crippen molar-refractivity contribution in [2.75, 3.05) is 6.54 Å². The summed E-state index contributed by atoms with van der Waals surface area (Å²) in [7, 11) is 0. The van der Waals surface area contributed by atoms with Crippen molar-refractivity contribution in [3.05, 3.63) is 71.4 Å². The monoisotopic (exact) mass is 406 g/mol. The molecular weight excluding hydrogens is 372 g/mol. The van der Waals surface area contributed by atoms with E-state index in [0.29, 0.717) is 13.1 Å². The van der Waals surface area contributed by atoms with Crippen LogP contribution in [0.25, 0.3) is 10.9 Å². The number of hydrogen-bond donors (Lipinski definition) is 2. The van der Waals surface area contributed by atoms with E-state index in [1.807, 2.05) is 6.07 Å². The van der Waals surface area contributed by atoms with Gasteiger partial charge in [0, 0.05) is 35.7 Å². The Morgan fingerprint density at radius 2 is 1.70 bits per heavy atom. The fraction of sp³-hybridized carbons (Fsp3) is 0.462. The van der Waals surface area contributed by atoms with Gasteiger partial charge in [-0.25, -0.2) is 0 Å². The maximum atomic E-state index is 11.1. The molecule has 160 valence electrons. The van der Waals surface area contributed by atoms with Gasteiger partial charge in [0.2, 0.25) is 0 Å². The number of fused-ring (bicyclic) bond motifs is 1. The summed E-state index contributed by atoms with van der Waals surface area (Å²) in [6.07, 6.45) is 3.26. The molecule has 0 bridgehead atoms. The van der Waals surface area contributed by atoms with E-state index in [4.69, 9.17) is 0 Å². The van der Waals surface area contributed by atoms with Crippen molar-refractivity contribution in [1.82, 2.24) is 9.47 Å². The van der Waals surface area contributed by atoms with Crippen molar-refractivity contribution >= 4 is 10.9 Å². The summed E-state index contributed by atoms with van der Waals surface area (Å²) >= 11 is 0. The fourth-order valence-electron chi connectivity index (χ4n) is 5.03. The number of para-hydroxylation sites is 1. The first-order chi connectivity index (χ1) is 14.5. The SMILES string of the molecule is Cc1c(C)n(C[C@H](O)CN(Cc2ccccc2)[C@@H]2CCCC[C@@H]2O)c2ccccc12. The average molecular weight is 407 g/mol. The van der Waals surface area contributed by atoms with E-state index in [9.17, 15) is 10.2 Å². The quantitative estimate of drug-likeness (QED) is 0.610. The van der Waals surface area contributed by atoms with Gasteiger partial charge in [-0.3, -0.25) is 4.90 Å². The summed E-state index contributed by atoms with van der Waals surface area (Å²) in [4.78, 5) is 2.30. The molecule has 4 nitrogen and oxygen atoms in total. The molecule has 3 atom stereocenters. The second kappa shape index (κ2) is 9.34. The Morgan fingerprint density at radius 1 is 1.00 bits per heavy atom. The Kier molecular flexibility index (Phi) is 6.57. The average Bonchev–Trinajstić information content (AvgIpc) is 2.99. The lowest BCUT2D eigenvalue weighted by Crippen LogP contribution is -2.48. The highest BCUT2D eigenvalue weighted by molar-refractivity contribution is 5.85. The van der Waals surface area contributed by atoms with Gasteiger partial charge >= 0.3 is 0 Å². The predicted molar refractivity (Wildman–Crippen MR) is 123 cm³/mol. The Hall–Kier alpha value is -2.14. The van der Waals surface area contributed by atoms with Crippen LogP contribution in [0.2, 0.25) is 0 Å². The normalized spacial score (nSPS) is 20.7. The lowest BCUT2D eigenvalue weighted by Gasteiger charge is -2.39. The minimum Gasteiger partial charge on any atom is -0.391 e. The van der Waals surface area contributed by atoms with Gasteiger partial charge in [0.05, 0.1) is 18.8 Å². The van der Waals surface area contributed by atoms with Crippen LogP contribution in [0.4, 0.5) is 0 Å². The Balaban J connectivity index is 1.54. The van der Waals surface area contributed by atoms with Crippen molar-refractivity contribution in [3.63, 3.8) is 0 Å². The van der Waals surface area contributed by atoms with Crippen LogP contribution in [0.5, 0.6) is 0 Å². The highest BCUT2D eigenvalue weighted by atomic mass is 16.3. The molecular formula is C26H34N2O2. The van der Waals surface area contributed by atoms with Crippen LogP contribution >= 0.6 is 0 Å². The molecule has 0 unspecified atom stereocenters. The molecule has 4 heteroatoms. The zero-order valence-corrected chi connectivity index (χ0v) is 18.2. The standard InChI is InChI=1S/C26H34N2O2/c1-19-20(2)28(24-13-7-6-12-23(19)24)18-22(29)17-27(16-21-10-4-3-5-11-21)25-14-8-9-15-26(25)30/h3-7,10-13,22,25-26,29-30H,8-9,14-18H2,1-2H3/t22-,25-,26+/m1/s1. The molecule has 1 aliphatic carbocycles. The van der Waals surface area contributed by atoms with Crippen LogP contribution < -0.4 is 0 Å². The second-order valence-electron chi connectivity index (χ2n) is 8.83. The minimum absolute atomic E-state index is 0.109. The number of benzene rings is 2. The Labute approximate surface area is 179 Å². The molecule has 0 saturated heterocycles. The fourth-order valence-corrected chi connectivity index (χ4v) is 5.03. The molecule has 0 radical (unpaired) electrons. The van der Waals surface area contributed by atoms with E-state index in [1.165, 1.54) is 27.7 Å². The molecule has 2 aromatic carbocycles. The molecule has 1 aromatic heterocycles. The van der Waals surface area contributed by atoms with Crippen LogP contribution in [-0.4, -0.2) is 44.5 Å². The number of aryl methyl sites for hydroxylation is 1. The van der Waals surface area contributed by atoms with Gasteiger partial charge in [0.15, 0.2) is 0 Å². The van der Waals surface area contributed by atoms with E-state index >= 15 is 0 Å². The largest absolute Gasteiger partial charge is 0.391 e. The molecule has 1 heterocycles. The number of rotatable bonds is 7. The van der Waals surface area contributed by atoms with Gasteiger partial charge in [-0.2, -0.15) is 0 Å². The zero-order valence-electron chi connectivity index (χ0n) is 18.2. The van der Waals surface area contributed by atoms with Crippen molar-refractivity contribution < 1.29 is 10.2 Å². The summed E-state index contributed by atoms with van der Waals surface area (Å²) < 4.78 is 2.24. The van der Waals surface area contributed by atoms with Crippen molar-refractivity contribution in [2.24, 2.45) is 0 Å². The maximum absolute atomic E-state index is 11.1. The molecule has 2 N–H and O–H groups in total. The molecule has 1 aliphatic rings. The highest BCUT2D eigenvalue weighted by Gasteiger charge is 2.30. The number of hydrogen-bond acceptors (Lipinski definition) is 3. The summed E-state index contributed by atoms with van der Waals surface area (Å²) in [5.41, 5.74) is 4.89. The highest BCUT2D eigenvalue weighted by Crippen LogP contribution is 2.27. The summed E-state index contributed by atoms with van der Waals surface area (Å²) in [6.45, 7) is 6.16. The van der Waals surface area contributed by atoms with Gasteiger partial charge in [-0.15, -0.1) is 0 Å². The number of aliphatic hydroxyl groups is 2. The first-order valence-electron chi connectivity index (χ1n) is 11.2. The second-order valence-corrected chi connectivity index (χ2v) is 8.83. The smallest absolute Gasteiger partial charge is 0.0846 e. The predicted octanol–water partition coefficient (Wildman–Crippen LogP) is 4.42. The molecule has 3 aromatic rings. The molecule has 1 fully saturated rings. The van der Waals surface area contributed by atoms with E-state index in [0.717, 1.165) is 32.2 Å². The molecule has 0 aliphatic heterocycles. The van der Waals surface area contributed by atoms with E-state index in [1.54, 1.807) is 0 Å². The molecule has 30 heavy (non-hydrogen) atoms. The molecule has 0 spiro atoms. The van der Waals surface area contributed by atoms with Crippen LogP contribution in [0, 0.1) is 13.8 Å². The number of aliphatic hydroxyl groups excluding tert-OH is 2. The van der Waals surface area contributed by atoms with Gasteiger partial charge in [0.1, 0.15) is 0 Å². The van der Waals surface area contributed by atoms with Crippen LogP contribution in [0.3, 0.4) is 0 Å². The third-order valence-electron chi connectivity index (χ3n) is 6.78. The Bertz CT molecular complexity index is 966. The molecule has 1 saturated carbocycles. The molecule has 4 rings (SSSR count). The van der Waals surface area contributed by atoms with E-state index < -0.39 is 6.10 Å². The van der Waals surface area contributed by atoms with Gasteiger partial charge in [-0.1, -0.05) is 61.4 Å².